The quantitative estimate of drug-likeness (QED) is 0.337. The van der Waals surface area contributed by atoms with E-state index in [0.29, 0.717) is 35.4 Å². The normalized spacial score (nSPS) is 13.3. The molecule has 0 fully saturated rings. The minimum Gasteiger partial charge on any atom is -0.465 e. The maximum atomic E-state index is 13.8. The monoisotopic (exact) mass is 527 g/mol. The number of fused-ring (bicyclic) bond motifs is 3. The van der Waals surface area contributed by atoms with Crippen LogP contribution >= 0.6 is 0 Å². The Hall–Kier alpha value is -3.24. The van der Waals surface area contributed by atoms with Crippen molar-refractivity contribution in [2.24, 2.45) is 5.92 Å². The molecule has 1 unspecified atom stereocenters. The number of nitrogens with one attached hydrogen (secondary N) is 1. The van der Waals surface area contributed by atoms with Crippen molar-refractivity contribution in [1.29, 1.82) is 0 Å². The van der Waals surface area contributed by atoms with Crippen LogP contribution in [0.5, 0.6) is 0 Å². The smallest absolute Gasteiger partial charge is 0.408 e. The molecule has 3 rings (SSSR count). The molecule has 0 aliphatic carbocycles. The molecule has 2 aromatic heterocycles. The molecule has 1 atom stereocenters. The van der Waals surface area contributed by atoms with Crippen LogP contribution < -0.4 is 5.32 Å². The lowest BCUT2D eigenvalue weighted by atomic mass is 9.96. The maximum absolute atomic E-state index is 13.8. The number of carboxylic acid groups (broad SMARTS) is 1. The lowest BCUT2D eigenvalue weighted by molar-refractivity contribution is -0.123. The summed E-state index contributed by atoms with van der Waals surface area (Å²) in [6.07, 6.45) is -0.821. The zero-order chi connectivity index (χ0) is 28.4. The molecule has 0 aliphatic heterocycles. The van der Waals surface area contributed by atoms with Crippen LogP contribution in [-0.2, 0) is 22.7 Å². The van der Waals surface area contributed by atoms with Gasteiger partial charge in [-0.15, -0.1) is 0 Å². The summed E-state index contributed by atoms with van der Waals surface area (Å²) in [5.41, 5.74) is -0.0276. The van der Waals surface area contributed by atoms with Gasteiger partial charge in [0.2, 0.25) is 5.91 Å². The second-order valence-electron chi connectivity index (χ2n) is 11.7. The number of ether oxygens (including phenoxy) is 1. The van der Waals surface area contributed by atoms with Gasteiger partial charge in [0.15, 0.2) is 5.82 Å². The van der Waals surface area contributed by atoms with E-state index in [9.17, 15) is 19.8 Å². The van der Waals surface area contributed by atoms with E-state index in [1.807, 2.05) is 49.6 Å². The van der Waals surface area contributed by atoms with Crippen molar-refractivity contribution in [2.45, 2.75) is 92.1 Å². The lowest BCUT2D eigenvalue weighted by Crippen LogP contribution is -2.56. The van der Waals surface area contributed by atoms with Crippen LogP contribution in [0.3, 0.4) is 0 Å². The first-order chi connectivity index (χ1) is 17.6. The molecule has 0 saturated carbocycles. The molecule has 0 spiro atoms. The maximum Gasteiger partial charge on any atom is 0.408 e. The fourth-order valence-electron chi connectivity index (χ4n) is 4.69. The fourth-order valence-corrected chi connectivity index (χ4v) is 4.69. The van der Waals surface area contributed by atoms with Gasteiger partial charge >= 0.3 is 6.09 Å². The van der Waals surface area contributed by atoms with Gasteiger partial charge < -0.3 is 24.8 Å². The summed E-state index contributed by atoms with van der Waals surface area (Å²) in [5.74, 6) is 0.439. The minimum atomic E-state index is -1.16. The number of benzene rings is 1. The first kappa shape index (κ1) is 29.3. The van der Waals surface area contributed by atoms with Crippen LogP contribution in [0.2, 0.25) is 0 Å². The summed E-state index contributed by atoms with van der Waals surface area (Å²) in [4.78, 5) is 36.8. The van der Waals surface area contributed by atoms with E-state index in [-0.39, 0.29) is 24.9 Å². The van der Waals surface area contributed by atoms with Gasteiger partial charge in [-0.2, -0.15) is 0 Å². The van der Waals surface area contributed by atoms with Crippen molar-refractivity contribution >= 4 is 39.8 Å². The van der Waals surface area contributed by atoms with Gasteiger partial charge in [-0.3, -0.25) is 9.69 Å². The van der Waals surface area contributed by atoms with Gasteiger partial charge in [-0.05, 0) is 59.9 Å². The molecule has 10 heteroatoms. The molecule has 0 bridgehead atoms. The third-order valence-electron chi connectivity index (χ3n) is 6.12. The third-order valence-corrected chi connectivity index (χ3v) is 6.12. The molecule has 0 aliphatic rings. The van der Waals surface area contributed by atoms with Crippen molar-refractivity contribution < 1.29 is 24.5 Å². The van der Waals surface area contributed by atoms with E-state index in [4.69, 9.17) is 14.7 Å². The number of hydrogen-bond donors (Lipinski definition) is 3. The second kappa shape index (κ2) is 11.2. The number of aliphatic hydroxyl groups is 1. The van der Waals surface area contributed by atoms with E-state index in [1.165, 1.54) is 4.90 Å². The molecule has 2 amide bonds. The first-order valence-electron chi connectivity index (χ1n) is 13.0. The van der Waals surface area contributed by atoms with Crippen LogP contribution in [0.4, 0.5) is 10.6 Å². The summed E-state index contributed by atoms with van der Waals surface area (Å²) in [7, 11) is 0. The zero-order valence-corrected chi connectivity index (χ0v) is 23.7. The van der Waals surface area contributed by atoms with Crippen LogP contribution in [0.25, 0.3) is 21.9 Å². The highest BCUT2D eigenvalue weighted by Crippen LogP contribution is 2.32. The predicted octanol–water partition coefficient (Wildman–Crippen LogP) is 5.02. The number of imidazole rings is 1. The molecule has 2 heterocycles. The van der Waals surface area contributed by atoms with E-state index in [2.05, 4.69) is 5.32 Å². The number of carbonyl (C=O) groups is 2. The summed E-state index contributed by atoms with van der Waals surface area (Å²) >= 11 is 0. The average Bonchev–Trinajstić information content (AvgIpc) is 3.12. The van der Waals surface area contributed by atoms with Gasteiger partial charge in [0, 0.05) is 17.5 Å². The molecular formula is C28H41N5O5. The van der Waals surface area contributed by atoms with Gasteiger partial charge in [-0.25, -0.2) is 14.8 Å². The molecule has 10 nitrogen and oxygen atoms in total. The standard InChI is InChI=1S/C28H41N5O5/c1-9-38-15-21-30-22-23(32(21)16-28(7,8)37)18-12-10-11-13-19(18)29-24(22)31-25(34)20(14-17(2)3)33(26(35)36)27(4,5)6/h10-13,17,20,37H,9,14-16H2,1-8H3,(H,35,36)(H,29,31,34). The summed E-state index contributed by atoms with van der Waals surface area (Å²) < 4.78 is 7.58. The minimum absolute atomic E-state index is 0.0725. The van der Waals surface area contributed by atoms with E-state index < -0.39 is 29.2 Å². The van der Waals surface area contributed by atoms with Crippen molar-refractivity contribution in [1.82, 2.24) is 19.4 Å². The predicted molar refractivity (Wildman–Crippen MR) is 148 cm³/mol. The third kappa shape index (κ3) is 6.60. The van der Waals surface area contributed by atoms with Crippen molar-refractivity contribution in [3.8, 4) is 0 Å². The topological polar surface area (TPSA) is 130 Å². The number of para-hydroxylation sites is 1. The number of anilines is 1. The Labute approximate surface area is 224 Å². The Morgan fingerprint density at radius 3 is 2.34 bits per heavy atom. The Morgan fingerprint density at radius 2 is 1.79 bits per heavy atom. The zero-order valence-electron chi connectivity index (χ0n) is 23.7. The fraction of sp³-hybridized carbons (Fsp3) is 0.571. The molecule has 3 aromatic rings. The summed E-state index contributed by atoms with van der Waals surface area (Å²) in [6, 6.07) is 6.60. The van der Waals surface area contributed by atoms with Gasteiger partial charge in [0.05, 0.1) is 23.2 Å². The Kier molecular flexibility index (Phi) is 8.68. The number of carbonyl (C=O) groups excluding carboxylic acids is 1. The molecule has 0 radical (unpaired) electrons. The van der Waals surface area contributed by atoms with Crippen LogP contribution in [-0.4, -0.2) is 65.4 Å². The Balaban J connectivity index is 2.22. The summed E-state index contributed by atoms with van der Waals surface area (Å²) in [6.45, 7) is 15.5. The van der Waals surface area contributed by atoms with Gasteiger partial charge in [0.1, 0.15) is 24.0 Å². The van der Waals surface area contributed by atoms with Crippen LogP contribution in [0.15, 0.2) is 24.3 Å². The largest absolute Gasteiger partial charge is 0.465 e. The number of rotatable bonds is 10. The van der Waals surface area contributed by atoms with E-state index in [1.54, 1.807) is 34.6 Å². The number of hydrogen-bond acceptors (Lipinski definition) is 6. The van der Waals surface area contributed by atoms with Crippen LogP contribution in [0, 0.1) is 5.92 Å². The molecule has 1 aromatic carbocycles. The molecule has 3 N–H and O–H groups in total. The highest BCUT2D eigenvalue weighted by Gasteiger charge is 2.38. The number of amides is 2. The highest BCUT2D eigenvalue weighted by atomic mass is 16.5. The lowest BCUT2D eigenvalue weighted by Gasteiger charge is -2.39. The number of pyridine rings is 1. The molecule has 38 heavy (non-hydrogen) atoms. The SMILES string of the molecule is CCOCc1nc2c(NC(=O)C(CC(C)C)N(C(=O)O)C(C)(C)C)nc3ccccc3c2n1CC(C)(C)O. The first-order valence-corrected chi connectivity index (χ1v) is 13.0. The van der Waals surface area contributed by atoms with E-state index in [0.717, 1.165) is 5.39 Å². The Morgan fingerprint density at radius 1 is 1.13 bits per heavy atom. The Bertz CT molecular complexity index is 1300. The van der Waals surface area contributed by atoms with Gasteiger partial charge in [-0.1, -0.05) is 32.0 Å². The number of aromatic nitrogens is 3. The molecular weight excluding hydrogens is 486 g/mol. The van der Waals surface area contributed by atoms with Gasteiger partial charge in [0.25, 0.3) is 0 Å². The highest BCUT2D eigenvalue weighted by molar-refractivity contribution is 6.10. The van der Waals surface area contributed by atoms with E-state index >= 15 is 0 Å². The van der Waals surface area contributed by atoms with Crippen molar-refractivity contribution in [3.05, 3.63) is 30.1 Å². The number of nitrogens with zero attached hydrogens (tertiary/aromatic N) is 4. The molecule has 0 saturated heterocycles. The summed E-state index contributed by atoms with van der Waals surface area (Å²) in [5, 5.41) is 24.5. The average molecular weight is 528 g/mol. The van der Waals surface area contributed by atoms with Crippen molar-refractivity contribution in [3.63, 3.8) is 0 Å². The molecule has 208 valence electrons. The second-order valence-corrected chi connectivity index (χ2v) is 11.7. The van der Waals surface area contributed by atoms with Crippen molar-refractivity contribution in [2.75, 3.05) is 11.9 Å². The van der Waals surface area contributed by atoms with Crippen LogP contribution in [0.1, 0.15) is 67.6 Å².